The topological polar surface area (TPSA) is 30.9 Å². The van der Waals surface area contributed by atoms with Gasteiger partial charge in [0.25, 0.3) is 0 Å². The van der Waals surface area contributed by atoms with E-state index in [1.807, 2.05) is 11.8 Å². The number of hydrogen-bond donors (Lipinski definition) is 1. The van der Waals surface area contributed by atoms with Gasteiger partial charge in [-0.3, -0.25) is 10.4 Å². The molecule has 0 radical (unpaired) electrons. The number of aliphatic imine (C=N–C) groups is 1. The van der Waals surface area contributed by atoms with Crippen LogP contribution in [-0.4, -0.2) is 60.1 Å². The Morgan fingerprint density at radius 1 is 1.40 bits per heavy atom. The van der Waals surface area contributed by atoms with Crippen molar-refractivity contribution < 1.29 is 0 Å². The number of amidine groups is 1. The number of rotatable bonds is 2. The highest BCUT2D eigenvalue weighted by Crippen LogP contribution is 2.18. The maximum atomic E-state index is 4.63. The third kappa shape index (κ3) is 3.09. The lowest BCUT2D eigenvalue weighted by Gasteiger charge is -2.32. The second kappa shape index (κ2) is 5.18. The van der Waals surface area contributed by atoms with Crippen LogP contribution in [0.3, 0.4) is 0 Å². The Balaban J connectivity index is 1.77. The Labute approximate surface area is 96.1 Å². The fourth-order valence-electron chi connectivity index (χ4n) is 1.74. The van der Waals surface area contributed by atoms with Crippen molar-refractivity contribution in [2.45, 2.75) is 19.4 Å². The Hall–Kier alpha value is -0.260. The zero-order valence-electron chi connectivity index (χ0n) is 9.57. The van der Waals surface area contributed by atoms with E-state index in [4.69, 9.17) is 0 Å². The molecule has 0 aromatic rings. The number of hydrazine groups is 1. The summed E-state index contributed by atoms with van der Waals surface area (Å²) < 4.78 is 0. The van der Waals surface area contributed by atoms with Crippen molar-refractivity contribution in [3.63, 3.8) is 0 Å². The minimum absolute atomic E-state index is 0.532. The molecule has 2 heterocycles. The van der Waals surface area contributed by atoms with E-state index in [-0.39, 0.29) is 0 Å². The van der Waals surface area contributed by atoms with Crippen LogP contribution in [0.25, 0.3) is 0 Å². The molecule has 2 aliphatic heterocycles. The maximum Gasteiger partial charge on any atom is 0.171 e. The molecule has 0 aliphatic carbocycles. The molecule has 5 heteroatoms. The lowest BCUT2D eigenvalue weighted by atomic mass is 10.3. The van der Waals surface area contributed by atoms with Crippen molar-refractivity contribution in [2.75, 3.05) is 39.0 Å². The molecule has 1 N–H and O–H groups in total. The van der Waals surface area contributed by atoms with Crippen molar-refractivity contribution in [1.82, 2.24) is 15.3 Å². The number of hydrogen-bond acceptors (Lipinski definition) is 5. The third-order valence-corrected chi connectivity index (χ3v) is 3.96. The zero-order valence-corrected chi connectivity index (χ0v) is 10.4. The van der Waals surface area contributed by atoms with Crippen LogP contribution < -0.4 is 5.43 Å². The quantitative estimate of drug-likeness (QED) is 0.751. The fourth-order valence-corrected chi connectivity index (χ4v) is 2.82. The summed E-state index contributed by atoms with van der Waals surface area (Å²) >= 11 is 1.85. The number of thioether (sulfide) groups is 1. The van der Waals surface area contributed by atoms with Gasteiger partial charge >= 0.3 is 0 Å². The summed E-state index contributed by atoms with van der Waals surface area (Å²) in [6.07, 6.45) is 1.15. The summed E-state index contributed by atoms with van der Waals surface area (Å²) in [5.41, 5.74) is 3.42. The van der Waals surface area contributed by atoms with Crippen molar-refractivity contribution >= 4 is 16.9 Å². The van der Waals surface area contributed by atoms with Gasteiger partial charge in [-0.1, -0.05) is 18.7 Å². The minimum atomic E-state index is 0.532. The summed E-state index contributed by atoms with van der Waals surface area (Å²) in [7, 11) is 2.17. The molecule has 0 aromatic carbocycles. The Morgan fingerprint density at radius 3 is 2.73 bits per heavy atom. The predicted octanol–water partition coefficient (Wildman–Crippen LogP) is 0.620. The van der Waals surface area contributed by atoms with Crippen LogP contribution in [0, 0.1) is 0 Å². The van der Waals surface area contributed by atoms with Gasteiger partial charge in [0, 0.05) is 31.9 Å². The van der Waals surface area contributed by atoms with Crippen molar-refractivity contribution in [1.29, 1.82) is 0 Å². The smallest absolute Gasteiger partial charge is 0.171 e. The predicted molar refractivity (Wildman–Crippen MR) is 66.2 cm³/mol. The minimum Gasteiger partial charge on any atom is -0.304 e. The van der Waals surface area contributed by atoms with Gasteiger partial charge in [-0.15, -0.1) is 0 Å². The molecule has 86 valence electrons. The average Bonchev–Trinajstić information content (AvgIpc) is 2.69. The van der Waals surface area contributed by atoms with Crippen LogP contribution >= 0.6 is 11.8 Å². The first-order valence-electron chi connectivity index (χ1n) is 5.68. The highest BCUT2D eigenvalue weighted by Gasteiger charge is 2.20. The molecular weight excluding hydrogens is 208 g/mol. The van der Waals surface area contributed by atoms with Gasteiger partial charge in [-0.25, -0.2) is 5.01 Å². The summed E-state index contributed by atoms with van der Waals surface area (Å²) in [6, 6.07) is 0.532. The number of piperazine rings is 1. The van der Waals surface area contributed by atoms with Crippen LogP contribution in [0.1, 0.15) is 13.3 Å². The first kappa shape index (κ1) is 11.2. The molecule has 1 atom stereocenters. The molecule has 0 amide bonds. The molecule has 4 nitrogen and oxygen atoms in total. The van der Waals surface area contributed by atoms with Gasteiger partial charge in [0.05, 0.1) is 6.04 Å². The summed E-state index contributed by atoms with van der Waals surface area (Å²) in [4.78, 5) is 6.99. The van der Waals surface area contributed by atoms with E-state index in [0.29, 0.717) is 6.04 Å². The lowest BCUT2D eigenvalue weighted by Crippen LogP contribution is -2.51. The van der Waals surface area contributed by atoms with E-state index in [1.54, 1.807) is 0 Å². The van der Waals surface area contributed by atoms with E-state index in [2.05, 4.69) is 34.3 Å². The Morgan fingerprint density at radius 2 is 2.13 bits per heavy atom. The average molecular weight is 228 g/mol. The first-order chi connectivity index (χ1) is 7.28. The molecule has 0 bridgehead atoms. The van der Waals surface area contributed by atoms with E-state index < -0.39 is 0 Å². The van der Waals surface area contributed by atoms with Crippen molar-refractivity contribution in [3.05, 3.63) is 0 Å². The van der Waals surface area contributed by atoms with Crippen LogP contribution in [0.4, 0.5) is 0 Å². The van der Waals surface area contributed by atoms with Crippen molar-refractivity contribution in [3.8, 4) is 0 Å². The molecule has 1 fully saturated rings. The molecule has 2 aliphatic rings. The van der Waals surface area contributed by atoms with E-state index >= 15 is 0 Å². The van der Waals surface area contributed by atoms with Crippen LogP contribution in [0.15, 0.2) is 4.99 Å². The highest BCUT2D eigenvalue weighted by molar-refractivity contribution is 8.14. The molecule has 0 spiro atoms. The lowest BCUT2D eigenvalue weighted by molar-refractivity contribution is 0.132. The van der Waals surface area contributed by atoms with Gasteiger partial charge in [0.2, 0.25) is 0 Å². The second-order valence-electron chi connectivity index (χ2n) is 4.21. The van der Waals surface area contributed by atoms with Crippen LogP contribution in [0.5, 0.6) is 0 Å². The van der Waals surface area contributed by atoms with Gasteiger partial charge in [-0.2, -0.15) is 0 Å². The first-order valence-corrected chi connectivity index (χ1v) is 6.67. The van der Waals surface area contributed by atoms with Crippen LogP contribution in [0.2, 0.25) is 0 Å². The van der Waals surface area contributed by atoms with Crippen molar-refractivity contribution in [2.24, 2.45) is 4.99 Å². The zero-order chi connectivity index (χ0) is 10.7. The summed E-state index contributed by atoms with van der Waals surface area (Å²) in [5.74, 6) is 1.15. The normalized spacial score (nSPS) is 29.2. The second-order valence-corrected chi connectivity index (χ2v) is 5.22. The van der Waals surface area contributed by atoms with Crippen LogP contribution in [-0.2, 0) is 0 Å². The number of nitrogens with zero attached hydrogens (tertiary/aromatic N) is 3. The number of likely N-dealkylation sites (N-methyl/N-ethyl adjacent to an activating group) is 1. The van der Waals surface area contributed by atoms with E-state index in [9.17, 15) is 0 Å². The van der Waals surface area contributed by atoms with E-state index in [1.165, 1.54) is 0 Å². The Kier molecular flexibility index (Phi) is 3.88. The van der Waals surface area contributed by atoms with Gasteiger partial charge in [0.1, 0.15) is 0 Å². The monoisotopic (exact) mass is 228 g/mol. The highest BCUT2D eigenvalue weighted by atomic mass is 32.2. The third-order valence-electron chi connectivity index (χ3n) is 2.94. The fraction of sp³-hybridized carbons (Fsp3) is 0.900. The van der Waals surface area contributed by atoms with Gasteiger partial charge < -0.3 is 4.90 Å². The summed E-state index contributed by atoms with van der Waals surface area (Å²) in [5, 5.41) is 3.40. The SMILES string of the molecule is CCC1CSC(NN2CCN(C)CC2)=N1. The largest absolute Gasteiger partial charge is 0.304 e. The Bertz CT molecular complexity index is 236. The molecule has 0 aromatic heterocycles. The van der Waals surface area contributed by atoms with Gasteiger partial charge in [-0.05, 0) is 13.5 Å². The molecule has 1 unspecified atom stereocenters. The summed E-state index contributed by atoms with van der Waals surface area (Å²) in [6.45, 7) is 6.66. The molecule has 2 rings (SSSR count). The maximum absolute atomic E-state index is 4.63. The molecule has 1 saturated heterocycles. The number of nitrogens with one attached hydrogen (secondary N) is 1. The molecule has 0 saturated carbocycles. The van der Waals surface area contributed by atoms with E-state index in [0.717, 1.165) is 43.5 Å². The van der Waals surface area contributed by atoms with Gasteiger partial charge in [0.15, 0.2) is 5.17 Å². The molecule has 15 heavy (non-hydrogen) atoms. The standard InChI is InChI=1S/C10H20N4S/c1-3-9-8-15-10(11-9)12-14-6-4-13(2)5-7-14/h9H,3-8H2,1-2H3,(H,11,12). The molecular formula is C10H20N4S.